The van der Waals surface area contributed by atoms with Crippen LogP contribution in [-0.4, -0.2) is 38.2 Å². The number of hydrogen-bond donors (Lipinski definition) is 1. The Labute approximate surface area is 145 Å². The number of ether oxygens (including phenoxy) is 1. The van der Waals surface area contributed by atoms with Gasteiger partial charge in [0.1, 0.15) is 0 Å². The van der Waals surface area contributed by atoms with Gasteiger partial charge in [-0.05, 0) is 12.5 Å². The van der Waals surface area contributed by atoms with Crippen LogP contribution in [0.5, 0.6) is 5.75 Å². The zero-order chi connectivity index (χ0) is 14.4. The summed E-state index contributed by atoms with van der Waals surface area (Å²) >= 11 is 0. The van der Waals surface area contributed by atoms with E-state index < -0.39 is 0 Å². The lowest BCUT2D eigenvalue weighted by atomic mass is 9.97. The molecule has 0 spiro atoms. The van der Waals surface area contributed by atoms with Crippen LogP contribution < -0.4 is 10.1 Å². The first-order valence-electron chi connectivity index (χ1n) is 7.55. The molecule has 1 aromatic rings. The van der Waals surface area contributed by atoms with Crippen LogP contribution >= 0.6 is 24.8 Å². The molecule has 1 aliphatic rings. The van der Waals surface area contributed by atoms with Crippen molar-refractivity contribution in [1.29, 1.82) is 0 Å². The number of nitrogens with zero attached hydrogens (tertiary/aromatic N) is 1. The number of hydrogen-bond acceptors (Lipinski definition) is 3. The van der Waals surface area contributed by atoms with Crippen LogP contribution in [0.1, 0.15) is 37.8 Å². The van der Waals surface area contributed by atoms with Gasteiger partial charge in [0.15, 0.2) is 11.6 Å². The minimum absolute atomic E-state index is 0. The quantitative estimate of drug-likeness (QED) is 0.842. The largest absolute Gasteiger partial charge is 0.493 e. The molecule has 1 N–H and O–H groups in total. The molecule has 1 aliphatic heterocycles. The average Bonchev–Trinajstić information content (AvgIpc) is 2.49. The lowest BCUT2D eigenvalue weighted by Gasteiger charge is -2.36. The predicted molar refractivity (Wildman–Crippen MR) is 94.2 cm³/mol. The monoisotopic (exact) mass is 352 g/mol. The van der Waals surface area contributed by atoms with Gasteiger partial charge in [0, 0.05) is 37.8 Å². The molecule has 22 heavy (non-hydrogen) atoms. The minimum atomic E-state index is -0.262. The smallest absolute Gasteiger partial charge is 0.165 e. The van der Waals surface area contributed by atoms with Gasteiger partial charge in [-0.15, -0.1) is 24.8 Å². The molecule has 1 heterocycles. The zero-order valence-corrected chi connectivity index (χ0v) is 14.9. The maximum absolute atomic E-state index is 13.9. The highest BCUT2D eigenvalue weighted by atomic mass is 35.5. The Hall–Kier alpha value is -0.550. The van der Waals surface area contributed by atoms with E-state index in [1.165, 1.54) is 6.07 Å². The van der Waals surface area contributed by atoms with Gasteiger partial charge in [0.25, 0.3) is 0 Å². The van der Waals surface area contributed by atoms with Gasteiger partial charge in [0.2, 0.25) is 0 Å². The fourth-order valence-electron chi connectivity index (χ4n) is 2.93. The van der Waals surface area contributed by atoms with Gasteiger partial charge in [-0.2, -0.15) is 0 Å². The molecular weight excluding hydrogens is 326 g/mol. The van der Waals surface area contributed by atoms with Crippen LogP contribution in [0, 0.1) is 5.82 Å². The fraction of sp³-hybridized carbons (Fsp3) is 0.625. The van der Waals surface area contributed by atoms with Gasteiger partial charge in [-0.25, -0.2) is 4.39 Å². The zero-order valence-electron chi connectivity index (χ0n) is 13.3. The number of rotatable bonds is 6. The second-order valence-electron chi connectivity index (χ2n) is 5.31. The van der Waals surface area contributed by atoms with E-state index in [-0.39, 0.29) is 36.7 Å². The van der Waals surface area contributed by atoms with E-state index in [0.717, 1.165) is 51.0 Å². The maximum atomic E-state index is 13.9. The number of nitrogens with one attached hydrogen (secondary N) is 1. The number of para-hydroxylation sites is 1. The van der Waals surface area contributed by atoms with Crippen molar-refractivity contribution in [2.45, 2.75) is 32.2 Å². The molecule has 1 fully saturated rings. The van der Waals surface area contributed by atoms with Crippen LogP contribution in [0.2, 0.25) is 0 Å². The highest BCUT2D eigenvalue weighted by Gasteiger charge is 2.25. The van der Waals surface area contributed by atoms with Crippen LogP contribution in [0.25, 0.3) is 0 Å². The third-order valence-corrected chi connectivity index (χ3v) is 3.98. The number of unbranched alkanes of at least 4 members (excludes halogenated alkanes) is 1. The first-order valence-corrected chi connectivity index (χ1v) is 7.55. The van der Waals surface area contributed by atoms with Gasteiger partial charge in [-0.1, -0.05) is 31.9 Å². The topological polar surface area (TPSA) is 24.5 Å². The van der Waals surface area contributed by atoms with Crippen molar-refractivity contribution in [1.82, 2.24) is 10.2 Å². The standard InChI is InChI=1S/C16H25FN2O.2ClH/c1-3-4-8-15(19-11-9-18-10-12-19)13-6-5-7-14(17)16(13)20-2;;/h5-7,15,18H,3-4,8-12H2,1-2H3;2*1H/t15-;;/m1../s1. The van der Waals surface area contributed by atoms with Crippen molar-refractivity contribution >= 4 is 24.8 Å². The Balaban J connectivity index is 0.00000220. The molecule has 0 aliphatic carbocycles. The Morgan fingerprint density at radius 3 is 2.55 bits per heavy atom. The van der Waals surface area contributed by atoms with Crippen molar-refractivity contribution in [3.63, 3.8) is 0 Å². The second-order valence-corrected chi connectivity index (χ2v) is 5.31. The summed E-state index contributed by atoms with van der Waals surface area (Å²) in [6.45, 7) is 6.21. The van der Waals surface area contributed by atoms with E-state index in [9.17, 15) is 4.39 Å². The first-order chi connectivity index (χ1) is 9.77. The van der Waals surface area contributed by atoms with Crippen molar-refractivity contribution in [3.8, 4) is 5.75 Å². The summed E-state index contributed by atoms with van der Waals surface area (Å²) in [6, 6.07) is 5.51. The molecule has 6 heteroatoms. The molecule has 1 aromatic carbocycles. The third-order valence-electron chi connectivity index (χ3n) is 3.98. The molecule has 3 nitrogen and oxygen atoms in total. The lowest BCUT2D eigenvalue weighted by molar-refractivity contribution is 0.159. The van der Waals surface area contributed by atoms with Crippen molar-refractivity contribution in [2.24, 2.45) is 0 Å². The summed E-state index contributed by atoms with van der Waals surface area (Å²) in [4.78, 5) is 2.45. The Bertz CT molecular complexity index is 429. The minimum Gasteiger partial charge on any atom is -0.493 e. The van der Waals surface area contributed by atoms with E-state index in [0.29, 0.717) is 5.75 Å². The molecule has 1 atom stereocenters. The fourth-order valence-corrected chi connectivity index (χ4v) is 2.93. The highest BCUT2D eigenvalue weighted by Crippen LogP contribution is 2.34. The molecule has 0 aromatic heterocycles. The van der Waals surface area contributed by atoms with E-state index in [4.69, 9.17) is 4.74 Å². The molecule has 0 bridgehead atoms. The summed E-state index contributed by atoms with van der Waals surface area (Å²) in [5, 5.41) is 3.37. The van der Waals surface area contributed by atoms with E-state index in [2.05, 4.69) is 17.1 Å². The molecule has 0 saturated carbocycles. The molecule has 2 rings (SSSR count). The van der Waals surface area contributed by atoms with Gasteiger partial charge >= 0.3 is 0 Å². The highest BCUT2D eigenvalue weighted by molar-refractivity contribution is 5.85. The molecular formula is C16H27Cl2FN2O. The molecule has 0 unspecified atom stereocenters. The van der Waals surface area contributed by atoms with Gasteiger partial charge in [0.05, 0.1) is 7.11 Å². The number of benzene rings is 1. The Morgan fingerprint density at radius 1 is 1.27 bits per heavy atom. The van der Waals surface area contributed by atoms with Crippen LogP contribution in [0.4, 0.5) is 4.39 Å². The van der Waals surface area contributed by atoms with E-state index in [1.54, 1.807) is 13.2 Å². The van der Waals surface area contributed by atoms with Gasteiger partial charge < -0.3 is 10.1 Å². The lowest BCUT2D eigenvalue weighted by Crippen LogP contribution is -2.45. The predicted octanol–water partition coefficient (Wildman–Crippen LogP) is 3.81. The number of piperazine rings is 1. The van der Waals surface area contributed by atoms with Crippen LogP contribution in [-0.2, 0) is 0 Å². The number of halogens is 3. The average molecular weight is 353 g/mol. The maximum Gasteiger partial charge on any atom is 0.165 e. The number of methoxy groups -OCH3 is 1. The van der Waals surface area contributed by atoms with Crippen molar-refractivity contribution in [3.05, 3.63) is 29.6 Å². The molecule has 1 saturated heterocycles. The third kappa shape index (κ3) is 5.27. The molecule has 0 amide bonds. The van der Waals surface area contributed by atoms with Crippen LogP contribution in [0.15, 0.2) is 18.2 Å². The summed E-state index contributed by atoms with van der Waals surface area (Å²) in [7, 11) is 1.55. The second kappa shape index (κ2) is 11.1. The van der Waals surface area contributed by atoms with E-state index in [1.807, 2.05) is 6.07 Å². The Kier molecular flexibility index (Phi) is 10.8. The Morgan fingerprint density at radius 2 is 1.95 bits per heavy atom. The van der Waals surface area contributed by atoms with Gasteiger partial charge in [-0.3, -0.25) is 4.90 Å². The van der Waals surface area contributed by atoms with Crippen molar-refractivity contribution in [2.75, 3.05) is 33.3 Å². The van der Waals surface area contributed by atoms with Crippen molar-refractivity contribution < 1.29 is 9.13 Å². The van der Waals surface area contributed by atoms with E-state index >= 15 is 0 Å². The summed E-state index contributed by atoms with van der Waals surface area (Å²) in [5.41, 5.74) is 0.989. The van der Waals surface area contributed by atoms with Crippen LogP contribution in [0.3, 0.4) is 0 Å². The SMILES string of the molecule is CCCC[C@H](c1cccc(F)c1OC)N1CCNCC1.Cl.Cl. The molecule has 128 valence electrons. The summed E-state index contributed by atoms with van der Waals surface area (Å²) in [6.07, 6.45) is 3.35. The summed E-state index contributed by atoms with van der Waals surface area (Å²) in [5.74, 6) is 0.147. The first kappa shape index (κ1) is 21.4. The summed E-state index contributed by atoms with van der Waals surface area (Å²) < 4.78 is 19.3. The normalized spacial score (nSPS) is 16.3. The molecule has 0 radical (unpaired) electrons.